The zero-order valence-corrected chi connectivity index (χ0v) is 11.6. The summed E-state index contributed by atoms with van der Waals surface area (Å²) < 4.78 is 26.0. The van der Waals surface area contributed by atoms with Crippen LogP contribution in [0.1, 0.15) is 15.9 Å². The number of halogens is 4. The van der Waals surface area contributed by atoms with E-state index in [0.717, 1.165) is 18.2 Å². The molecule has 0 aliphatic carbocycles. The van der Waals surface area contributed by atoms with E-state index in [4.69, 9.17) is 23.2 Å². The Morgan fingerprint density at radius 1 is 1.00 bits per heavy atom. The Bertz CT molecular complexity index is 662. The van der Waals surface area contributed by atoms with Gasteiger partial charge in [0.1, 0.15) is 11.6 Å². The van der Waals surface area contributed by atoms with Crippen LogP contribution in [0.3, 0.4) is 0 Å². The average Bonchev–Trinajstić information content (AvgIpc) is 2.40. The second-order valence-electron chi connectivity index (χ2n) is 4.04. The zero-order valence-electron chi connectivity index (χ0n) is 10.1. The highest BCUT2D eigenvalue weighted by atomic mass is 35.5. The molecular weight excluding hydrogens is 307 g/mol. The first kappa shape index (κ1) is 14.8. The van der Waals surface area contributed by atoms with Gasteiger partial charge in [-0.15, -0.1) is 0 Å². The Hall–Kier alpha value is -1.65. The van der Waals surface area contributed by atoms with Gasteiger partial charge in [-0.2, -0.15) is 0 Å². The summed E-state index contributed by atoms with van der Waals surface area (Å²) >= 11 is 11.7. The first-order valence-corrected chi connectivity index (χ1v) is 6.40. The Morgan fingerprint density at radius 3 is 2.35 bits per heavy atom. The summed E-state index contributed by atoms with van der Waals surface area (Å²) in [6, 6.07) is 7.36. The van der Waals surface area contributed by atoms with Crippen LogP contribution < -0.4 is 5.32 Å². The second-order valence-corrected chi connectivity index (χ2v) is 4.86. The van der Waals surface area contributed by atoms with Gasteiger partial charge >= 0.3 is 0 Å². The van der Waals surface area contributed by atoms with Crippen LogP contribution in [0.4, 0.5) is 8.78 Å². The molecule has 2 aromatic carbocycles. The van der Waals surface area contributed by atoms with Gasteiger partial charge in [0.05, 0.1) is 10.6 Å². The van der Waals surface area contributed by atoms with Crippen LogP contribution in [-0.2, 0) is 6.54 Å². The number of hydrogen-bond donors (Lipinski definition) is 1. The van der Waals surface area contributed by atoms with E-state index in [1.165, 1.54) is 18.2 Å². The molecule has 2 nitrogen and oxygen atoms in total. The van der Waals surface area contributed by atoms with Crippen molar-refractivity contribution in [3.63, 3.8) is 0 Å². The summed E-state index contributed by atoms with van der Waals surface area (Å²) in [5.41, 5.74) is 0.582. The maximum absolute atomic E-state index is 13.1. The van der Waals surface area contributed by atoms with E-state index in [9.17, 15) is 13.6 Å². The Labute approximate surface area is 124 Å². The van der Waals surface area contributed by atoms with Gasteiger partial charge in [0.15, 0.2) is 0 Å². The third-order valence-electron chi connectivity index (χ3n) is 2.63. The van der Waals surface area contributed by atoms with Crippen LogP contribution in [0.5, 0.6) is 0 Å². The summed E-state index contributed by atoms with van der Waals surface area (Å²) in [5, 5.41) is 2.90. The number of carbonyl (C=O) groups excluding carboxylic acids is 1. The normalized spacial score (nSPS) is 10.4. The number of carbonyl (C=O) groups is 1. The van der Waals surface area contributed by atoms with Crippen molar-refractivity contribution in [1.82, 2.24) is 5.32 Å². The smallest absolute Gasteiger partial charge is 0.253 e. The zero-order chi connectivity index (χ0) is 14.7. The van der Waals surface area contributed by atoms with Crippen molar-refractivity contribution < 1.29 is 13.6 Å². The Kier molecular flexibility index (Phi) is 4.57. The standard InChI is InChI=1S/C14H9Cl2F2NO/c15-12-4-3-9(17)5-11(12)14(20)19-7-8-1-2-10(18)6-13(8)16/h1-6H,7H2,(H,19,20). The van der Waals surface area contributed by atoms with Crippen LogP contribution >= 0.6 is 23.2 Å². The van der Waals surface area contributed by atoms with Crippen molar-refractivity contribution in [1.29, 1.82) is 0 Å². The highest BCUT2D eigenvalue weighted by Crippen LogP contribution is 2.19. The van der Waals surface area contributed by atoms with Crippen LogP contribution in [-0.4, -0.2) is 5.91 Å². The van der Waals surface area contributed by atoms with Crippen molar-refractivity contribution in [3.05, 3.63) is 69.2 Å². The summed E-state index contributed by atoms with van der Waals surface area (Å²) in [6.07, 6.45) is 0. The van der Waals surface area contributed by atoms with Crippen molar-refractivity contribution in [3.8, 4) is 0 Å². The molecule has 20 heavy (non-hydrogen) atoms. The van der Waals surface area contributed by atoms with Gasteiger partial charge in [0.2, 0.25) is 0 Å². The molecule has 0 aliphatic heterocycles. The summed E-state index contributed by atoms with van der Waals surface area (Å²) in [4.78, 5) is 11.9. The molecule has 0 unspecified atom stereocenters. The number of nitrogens with one attached hydrogen (secondary N) is 1. The van der Waals surface area contributed by atoms with Gasteiger partial charge in [-0.05, 0) is 35.9 Å². The van der Waals surface area contributed by atoms with E-state index in [0.29, 0.717) is 5.56 Å². The average molecular weight is 316 g/mol. The molecule has 0 atom stereocenters. The van der Waals surface area contributed by atoms with E-state index in [-0.39, 0.29) is 22.2 Å². The van der Waals surface area contributed by atoms with E-state index < -0.39 is 17.5 Å². The van der Waals surface area contributed by atoms with Crippen molar-refractivity contribution in [2.75, 3.05) is 0 Å². The number of rotatable bonds is 3. The van der Waals surface area contributed by atoms with Crippen molar-refractivity contribution in [2.24, 2.45) is 0 Å². The molecule has 0 bridgehead atoms. The van der Waals surface area contributed by atoms with Gasteiger partial charge in [0.25, 0.3) is 5.91 Å². The minimum absolute atomic E-state index is 0.0323. The summed E-state index contributed by atoms with van der Waals surface area (Å²) in [7, 11) is 0. The fourth-order valence-corrected chi connectivity index (χ4v) is 2.04. The molecule has 0 spiro atoms. The molecule has 6 heteroatoms. The third-order valence-corrected chi connectivity index (χ3v) is 3.31. The lowest BCUT2D eigenvalue weighted by atomic mass is 10.2. The fourth-order valence-electron chi connectivity index (χ4n) is 1.61. The molecule has 0 saturated carbocycles. The molecule has 1 amide bonds. The number of hydrogen-bond acceptors (Lipinski definition) is 1. The molecule has 1 N–H and O–H groups in total. The van der Waals surface area contributed by atoms with Crippen LogP contribution in [0.2, 0.25) is 10.0 Å². The van der Waals surface area contributed by atoms with Gasteiger partial charge in [-0.1, -0.05) is 29.3 Å². The van der Waals surface area contributed by atoms with Gasteiger partial charge in [-0.3, -0.25) is 4.79 Å². The third kappa shape index (κ3) is 3.46. The fraction of sp³-hybridized carbons (Fsp3) is 0.0714. The summed E-state index contributed by atoms with van der Waals surface area (Å²) in [6.45, 7) is 0.0881. The number of benzene rings is 2. The molecule has 0 aromatic heterocycles. The molecule has 0 aliphatic rings. The molecule has 104 valence electrons. The monoisotopic (exact) mass is 315 g/mol. The van der Waals surface area contributed by atoms with Crippen LogP contribution in [0.25, 0.3) is 0 Å². The van der Waals surface area contributed by atoms with Gasteiger partial charge in [0, 0.05) is 11.6 Å². The summed E-state index contributed by atoms with van der Waals surface area (Å²) in [5.74, 6) is -1.55. The van der Waals surface area contributed by atoms with E-state index in [2.05, 4.69) is 5.32 Å². The molecule has 0 fully saturated rings. The van der Waals surface area contributed by atoms with Crippen LogP contribution in [0.15, 0.2) is 36.4 Å². The lowest BCUT2D eigenvalue weighted by Crippen LogP contribution is -2.23. The highest BCUT2D eigenvalue weighted by Gasteiger charge is 2.12. The Morgan fingerprint density at radius 2 is 1.65 bits per heavy atom. The molecule has 0 radical (unpaired) electrons. The SMILES string of the molecule is O=C(NCc1ccc(F)cc1Cl)c1cc(F)ccc1Cl. The highest BCUT2D eigenvalue weighted by molar-refractivity contribution is 6.33. The first-order valence-electron chi connectivity index (χ1n) is 5.64. The van der Waals surface area contributed by atoms with Crippen molar-refractivity contribution in [2.45, 2.75) is 6.54 Å². The lowest BCUT2D eigenvalue weighted by molar-refractivity contribution is 0.0950. The largest absolute Gasteiger partial charge is 0.348 e. The number of amides is 1. The second kappa shape index (κ2) is 6.20. The topological polar surface area (TPSA) is 29.1 Å². The van der Waals surface area contributed by atoms with Gasteiger partial charge in [-0.25, -0.2) is 8.78 Å². The minimum Gasteiger partial charge on any atom is -0.348 e. The maximum atomic E-state index is 13.1. The van der Waals surface area contributed by atoms with Gasteiger partial charge < -0.3 is 5.32 Å². The van der Waals surface area contributed by atoms with E-state index in [1.54, 1.807) is 0 Å². The maximum Gasteiger partial charge on any atom is 0.253 e. The molecule has 2 rings (SSSR count). The molecule has 0 saturated heterocycles. The van der Waals surface area contributed by atoms with Crippen molar-refractivity contribution >= 4 is 29.1 Å². The van der Waals surface area contributed by atoms with E-state index in [1.807, 2.05) is 0 Å². The minimum atomic E-state index is -0.556. The molecular formula is C14H9Cl2F2NO. The molecule has 0 heterocycles. The Balaban J connectivity index is 2.10. The van der Waals surface area contributed by atoms with Crippen LogP contribution in [0, 0.1) is 11.6 Å². The quantitative estimate of drug-likeness (QED) is 0.903. The first-order chi connectivity index (χ1) is 9.47. The predicted molar refractivity (Wildman–Crippen MR) is 74.0 cm³/mol. The predicted octanol–water partition coefficient (Wildman–Crippen LogP) is 4.20. The molecule has 2 aromatic rings. The lowest BCUT2D eigenvalue weighted by Gasteiger charge is -2.08. The van der Waals surface area contributed by atoms with E-state index >= 15 is 0 Å².